The molecular formula is C15H24N4O. The molecule has 0 spiro atoms. The van der Waals surface area contributed by atoms with Crippen molar-refractivity contribution in [2.75, 3.05) is 13.1 Å². The first kappa shape index (κ1) is 14.8. The summed E-state index contributed by atoms with van der Waals surface area (Å²) in [6.45, 7) is 11.5. The highest BCUT2D eigenvalue weighted by Crippen LogP contribution is 2.20. The van der Waals surface area contributed by atoms with E-state index in [9.17, 15) is 0 Å². The van der Waals surface area contributed by atoms with Crippen molar-refractivity contribution >= 4 is 0 Å². The maximum absolute atomic E-state index is 5.84. The van der Waals surface area contributed by atoms with Gasteiger partial charge < -0.3 is 4.42 Å². The smallest absolute Gasteiger partial charge is 0.216 e. The fourth-order valence-corrected chi connectivity index (χ4v) is 2.13. The van der Waals surface area contributed by atoms with Crippen molar-refractivity contribution in [3.05, 3.63) is 23.7 Å². The first-order valence-corrected chi connectivity index (χ1v) is 7.35. The second kappa shape index (κ2) is 6.70. The lowest BCUT2D eigenvalue weighted by atomic mass is 10.1. The van der Waals surface area contributed by atoms with Gasteiger partial charge in [0.05, 0.1) is 6.54 Å². The molecule has 0 atom stereocenters. The number of hydrogen-bond acceptors (Lipinski definition) is 4. The third-order valence-electron chi connectivity index (χ3n) is 3.29. The van der Waals surface area contributed by atoms with E-state index in [0.29, 0.717) is 11.7 Å². The summed E-state index contributed by atoms with van der Waals surface area (Å²) in [6, 6.07) is 3.95. The Morgan fingerprint density at radius 1 is 1.25 bits per heavy atom. The lowest BCUT2D eigenvalue weighted by Crippen LogP contribution is -2.21. The molecule has 0 radical (unpaired) electrons. The Bertz CT molecular complexity index is 525. The number of hydrogen-bond donors (Lipinski definition) is 1. The van der Waals surface area contributed by atoms with E-state index in [4.69, 9.17) is 4.42 Å². The van der Waals surface area contributed by atoms with Gasteiger partial charge in [-0.1, -0.05) is 27.7 Å². The van der Waals surface area contributed by atoms with Crippen molar-refractivity contribution in [1.29, 1.82) is 0 Å². The van der Waals surface area contributed by atoms with Crippen molar-refractivity contribution in [1.82, 2.24) is 20.1 Å². The van der Waals surface area contributed by atoms with Gasteiger partial charge in [-0.15, -0.1) is 0 Å². The Kier molecular flexibility index (Phi) is 4.95. The number of nitrogens with zero attached hydrogens (tertiary/aromatic N) is 3. The van der Waals surface area contributed by atoms with Crippen molar-refractivity contribution in [2.45, 2.75) is 40.7 Å². The number of aromatic amines is 1. The number of aromatic nitrogens is 3. The molecule has 0 fully saturated rings. The molecule has 5 heteroatoms. The van der Waals surface area contributed by atoms with Crippen LogP contribution in [0.5, 0.6) is 0 Å². The quantitative estimate of drug-likeness (QED) is 0.844. The van der Waals surface area contributed by atoms with Crippen LogP contribution in [-0.2, 0) is 13.0 Å². The molecule has 2 aromatic rings. The molecule has 2 aromatic heterocycles. The minimum Gasteiger partial charge on any atom is -0.456 e. The Labute approximate surface area is 120 Å². The van der Waals surface area contributed by atoms with Crippen LogP contribution in [0.4, 0.5) is 0 Å². The summed E-state index contributed by atoms with van der Waals surface area (Å²) in [4.78, 5) is 6.79. The van der Waals surface area contributed by atoms with E-state index in [1.54, 1.807) is 0 Å². The van der Waals surface area contributed by atoms with Gasteiger partial charge in [0, 0.05) is 6.42 Å². The Morgan fingerprint density at radius 3 is 2.65 bits per heavy atom. The van der Waals surface area contributed by atoms with E-state index >= 15 is 0 Å². The van der Waals surface area contributed by atoms with Crippen LogP contribution in [0, 0.1) is 5.92 Å². The second-order valence-corrected chi connectivity index (χ2v) is 5.43. The van der Waals surface area contributed by atoms with Gasteiger partial charge in [-0.25, -0.2) is 4.98 Å². The van der Waals surface area contributed by atoms with Crippen molar-refractivity contribution in [3.63, 3.8) is 0 Å². The van der Waals surface area contributed by atoms with Crippen molar-refractivity contribution < 1.29 is 4.42 Å². The molecule has 2 rings (SSSR count). The predicted molar refractivity (Wildman–Crippen MR) is 79.3 cm³/mol. The molecule has 0 aliphatic heterocycles. The molecule has 0 saturated heterocycles. The summed E-state index contributed by atoms with van der Waals surface area (Å²) in [7, 11) is 0. The molecule has 0 bridgehead atoms. The van der Waals surface area contributed by atoms with Crippen LogP contribution in [0.3, 0.4) is 0 Å². The first-order chi connectivity index (χ1) is 9.62. The molecule has 20 heavy (non-hydrogen) atoms. The number of furan rings is 1. The molecule has 0 aliphatic carbocycles. The minimum absolute atomic E-state index is 0.561. The summed E-state index contributed by atoms with van der Waals surface area (Å²) >= 11 is 0. The zero-order valence-corrected chi connectivity index (χ0v) is 12.8. The van der Waals surface area contributed by atoms with Crippen LogP contribution in [0.1, 0.15) is 39.3 Å². The molecule has 5 nitrogen and oxygen atoms in total. The second-order valence-electron chi connectivity index (χ2n) is 5.43. The van der Waals surface area contributed by atoms with Gasteiger partial charge in [-0.3, -0.25) is 10.00 Å². The van der Waals surface area contributed by atoms with Crippen LogP contribution in [0.2, 0.25) is 0 Å². The normalized spacial score (nSPS) is 11.7. The van der Waals surface area contributed by atoms with Gasteiger partial charge in [-0.2, -0.15) is 5.10 Å². The lowest BCUT2D eigenvalue weighted by molar-refractivity contribution is 0.270. The van der Waals surface area contributed by atoms with Crippen LogP contribution in [-0.4, -0.2) is 33.2 Å². The Hall–Kier alpha value is -1.62. The van der Waals surface area contributed by atoms with E-state index in [-0.39, 0.29) is 0 Å². The fraction of sp³-hybridized carbons (Fsp3) is 0.600. The monoisotopic (exact) mass is 276 g/mol. The largest absolute Gasteiger partial charge is 0.456 e. The van der Waals surface area contributed by atoms with E-state index < -0.39 is 0 Å². The van der Waals surface area contributed by atoms with Crippen LogP contribution < -0.4 is 0 Å². The molecule has 0 saturated carbocycles. The summed E-state index contributed by atoms with van der Waals surface area (Å²) < 4.78 is 5.84. The maximum atomic E-state index is 5.84. The Morgan fingerprint density at radius 2 is 2.00 bits per heavy atom. The van der Waals surface area contributed by atoms with E-state index in [2.05, 4.69) is 47.8 Å². The van der Waals surface area contributed by atoms with Crippen LogP contribution in [0.15, 0.2) is 16.5 Å². The third kappa shape index (κ3) is 3.70. The highest BCUT2D eigenvalue weighted by Gasteiger charge is 2.12. The third-order valence-corrected chi connectivity index (χ3v) is 3.29. The molecule has 0 unspecified atom stereocenters. The van der Waals surface area contributed by atoms with Crippen LogP contribution in [0.25, 0.3) is 11.6 Å². The molecule has 1 N–H and O–H groups in total. The average molecular weight is 276 g/mol. The molecule has 0 amide bonds. The predicted octanol–water partition coefficient (Wildman–Crippen LogP) is 3.11. The minimum atomic E-state index is 0.561. The van der Waals surface area contributed by atoms with Gasteiger partial charge in [-0.05, 0) is 31.1 Å². The summed E-state index contributed by atoms with van der Waals surface area (Å²) in [6.07, 6.45) is 0.903. The van der Waals surface area contributed by atoms with E-state index in [1.807, 2.05) is 12.1 Å². The Balaban J connectivity index is 2.06. The maximum Gasteiger partial charge on any atom is 0.216 e. The van der Waals surface area contributed by atoms with E-state index in [0.717, 1.165) is 43.4 Å². The molecular weight excluding hydrogens is 252 g/mol. The van der Waals surface area contributed by atoms with Gasteiger partial charge >= 0.3 is 0 Å². The number of rotatable bonds is 7. The van der Waals surface area contributed by atoms with Gasteiger partial charge in [0.1, 0.15) is 11.6 Å². The fourth-order valence-electron chi connectivity index (χ4n) is 2.13. The molecule has 0 aliphatic rings. The summed E-state index contributed by atoms with van der Waals surface area (Å²) in [5, 5.41) is 7.21. The zero-order chi connectivity index (χ0) is 14.5. The molecule has 110 valence electrons. The van der Waals surface area contributed by atoms with Crippen molar-refractivity contribution in [3.8, 4) is 11.6 Å². The van der Waals surface area contributed by atoms with E-state index in [1.165, 1.54) is 0 Å². The zero-order valence-electron chi connectivity index (χ0n) is 12.8. The topological polar surface area (TPSA) is 58.0 Å². The van der Waals surface area contributed by atoms with Gasteiger partial charge in [0.15, 0.2) is 5.76 Å². The highest BCUT2D eigenvalue weighted by atomic mass is 16.3. The standard InChI is InChI=1S/C15H24N4O/c1-5-19(6-2)10-12-7-8-13(20-12)15-16-14(17-18-15)9-11(3)4/h7-8,11H,5-6,9-10H2,1-4H3,(H,16,17,18). The first-order valence-electron chi connectivity index (χ1n) is 7.35. The number of nitrogens with one attached hydrogen (secondary N) is 1. The van der Waals surface area contributed by atoms with Crippen molar-refractivity contribution in [2.24, 2.45) is 5.92 Å². The average Bonchev–Trinajstić information content (AvgIpc) is 3.04. The SMILES string of the molecule is CCN(CC)Cc1ccc(-c2n[nH]c(CC(C)C)n2)o1. The molecule has 2 heterocycles. The summed E-state index contributed by atoms with van der Waals surface area (Å²) in [5.74, 6) is 3.81. The summed E-state index contributed by atoms with van der Waals surface area (Å²) in [5.41, 5.74) is 0. The van der Waals surface area contributed by atoms with Gasteiger partial charge in [0.25, 0.3) is 0 Å². The number of H-pyrrole nitrogens is 1. The lowest BCUT2D eigenvalue weighted by Gasteiger charge is -2.15. The van der Waals surface area contributed by atoms with Gasteiger partial charge in [0.2, 0.25) is 5.82 Å². The van der Waals surface area contributed by atoms with Crippen LogP contribution >= 0.6 is 0 Å². The molecule has 0 aromatic carbocycles. The highest BCUT2D eigenvalue weighted by molar-refractivity contribution is 5.46.